The Morgan fingerprint density at radius 3 is 2.33 bits per heavy atom. The van der Waals surface area contributed by atoms with Gasteiger partial charge in [0.2, 0.25) is 0 Å². The van der Waals surface area contributed by atoms with E-state index in [0.717, 1.165) is 17.5 Å². The molecule has 0 spiro atoms. The molecule has 1 aromatic rings. The number of nitrogens with two attached hydrogens (primary N) is 1. The molecular formula is C9H11Cl2N. The first-order valence-electron chi connectivity index (χ1n) is 3.80. The third-order valence-corrected chi connectivity index (χ3v) is 2.16. The second-order valence-electron chi connectivity index (χ2n) is 2.63. The SMILES string of the molecule is CCc1ccccc1C(N)(Cl)Cl. The first-order chi connectivity index (χ1) is 5.55. The van der Waals surface area contributed by atoms with E-state index in [9.17, 15) is 0 Å². The number of hydrogen-bond acceptors (Lipinski definition) is 1. The molecule has 0 aliphatic carbocycles. The second kappa shape index (κ2) is 3.65. The van der Waals surface area contributed by atoms with Crippen LogP contribution in [-0.4, -0.2) is 0 Å². The van der Waals surface area contributed by atoms with Crippen LogP contribution in [0.25, 0.3) is 0 Å². The summed E-state index contributed by atoms with van der Waals surface area (Å²) in [6, 6.07) is 7.64. The highest BCUT2D eigenvalue weighted by Gasteiger charge is 2.22. The highest BCUT2D eigenvalue weighted by atomic mass is 35.5. The summed E-state index contributed by atoms with van der Waals surface area (Å²) in [6.07, 6.45) is 0.883. The van der Waals surface area contributed by atoms with E-state index in [-0.39, 0.29) is 0 Å². The predicted molar refractivity (Wildman–Crippen MR) is 53.4 cm³/mol. The van der Waals surface area contributed by atoms with Crippen molar-refractivity contribution in [2.24, 2.45) is 5.73 Å². The van der Waals surface area contributed by atoms with Crippen molar-refractivity contribution in [3.05, 3.63) is 35.4 Å². The lowest BCUT2D eigenvalue weighted by atomic mass is 10.1. The fourth-order valence-corrected chi connectivity index (χ4v) is 1.52. The average Bonchev–Trinajstić information content (AvgIpc) is 2.03. The smallest absolute Gasteiger partial charge is 0.192 e. The van der Waals surface area contributed by atoms with Gasteiger partial charge in [-0.1, -0.05) is 54.4 Å². The zero-order chi connectivity index (χ0) is 9.19. The molecule has 0 fully saturated rings. The van der Waals surface area contributed by atoms with Crippen LogP contribution in [0.4, 0.5) is 0 Å². The molecule has 0 bridgehead atoms. The Balaban J connectivity index is 3.14. The van der Waals surface area contributed by atoms with Gasteiger partial charge in [0.25, 0.3) is 0 Å². The third kappa shape index (κ3) is 2.13. The summed E-state index contributed by atoms with van der Waals surface area (Å²) >= 11 is 11.6. The lowest BCUT2D eigenvalue weighted by molar-refractivity contribution is 0.887. The van der Waals surface area contributed by atoms with E-state index in [1.165, 1.54) is 0 Å². The minimum atomic E-state index is -1.27. The molecule has 0 atom stereocenters. The zero-order valence-corrected chi connectivity index (χ0v) is 8.36. The summed E-state index contributed by atoms with van der Waals surface area (Å²) in [5, 5.41) is 0. The molecule has 1 rings (SSSR count). The molecule has 0 radical (unpaired) electrons. The van der Waals surface area contributed by atoms with Crippen molar-refractivity contribution in [2.75, 3.05) is 0 Å². The highest BCUT2D eigenvalue weighted by Crippen LogP contribution is 2.30. The summed E-state index contributed by atoms with van der Waals surface area (Å²) in [7, 11) is 0. The first kappa shape index (κ1) is 9.85. The van der Waals surface area contributed by atoms with E-state index in [1.54, 1.807) is 0 Å². The van der Waals surface area contributed by atoms with Gasteiger partial charge in [-0.3, -0.25) is 5.73 Å². The van der Waals surface area contributed by atoms with Crippen molar-refractivity contribution in [1.29, 1.82) is 0 Å². The van der Waals surface area contributed by atoms with Gasteiger partial charge in [-0.2, -0.15) is 0 Å². The van der Waals surface area contributed by atoms with Crippen LogP contribution in [0.15, 0.2) is 24.3 Å². The Morgan fingerprint density at radius 1 is 1.33 bits per heavy atom. The first-order valence-corrected chi connectivity index (χ1v) is 4.56. The molecule has 0 aliphatic heterocycles. The molecule has 12 heavy (non-hydrogen) atoms. The van der Waals surface area contributed by atoms with Crippen molar-refractivity contribution in [3.63, 3.8) is 0 Å². The largest absolute Gasteiger partial charge is 0.296 e. The molecule has 0 saturated carbocycles. The molecular weight excluding hydrogens is 193 g/mol. The Morgan fingerprint density at radius 2 is 1.92 bits per heavy atom. The summed E-state index contributed by atoms with van der Waals surface area (Å²) in [6.45, 7) is 2.04. The van der Waals surface area contributed by atoms with Crippen LogP contribution < -0.4 is 5.73 Å². The topological polar surface area (TPSA) is 26.0 Å². The lowest BCUT2D eigenvalue weighted by Gasteiger charge is -2.17. The number of benzene rings is 1. The number of aryl methyl sites for hydroxylation is 1. The number of halogens is 2. The Labute approximate surface area is 82.5 Å². The molecule has 66 valence electrons. The molecule has 3 heteroatoms. The summed E-state index contributed by atoms with van der Waals surface area (Å²) in [4.78, 5) is 0. The molecule has 0 aliphatic rings. The molecule has 0 unspecified atom stereocenters. The van der Waals surface area contributed by atoms with Crippen molar-refractivity contribution in [2.45, 2.75) is 17.8 Å². The van der Waals surface area contributed by atoms with Gasteiger partial charge in [0.05, 0.1) is 0 Å². The van der Waals surface area contributed by atoms with Gasteiger partial charge in [-0.15, -0.1) is 0 Å². The minimum Gasteiger partial charge on any atom is -0.296 e. The Kier molecular flexibility index (Phi) is 2.99. The van der Waals surface area contributed by atoms with Gasteiger partial charge >= 0.3 is 0 Å². The van der Waals surface area contributed by atoms with Crippen LogP contribution in [0.1, 0.15) is 18.1 Å². The van der Waals surface area contributed by atoms with Gasteiger partial charge in [0.15, 0.2) is 4.46 Å². The fraction of sp³-hybridized carbons (Fsp3) is 0.333. The molecule has 0 amide bonds. The van der Waals surface area contributed by atoms with Crippen LogP contribution in [0.2, 0.25) is 0 Å². The van der Waals surface area contributed by atoms with Crippen molar-refractivity contribution in [1.82, 2.24) is 0 Å². The normalized spacial score (nSPS) is 11.7. The third-order valence-electron chi connectivity index (χ3n) is 1.76. The number of alkyl halides is 2. The molecule has 2 N–H and O–H groups in total. The van der Waals surface area contributed by atoms with Crippen molar-refractivity contribution < 1.29 is 0 Å². The highest BCUT2D eigenvalue weighted by molar-refractivity contribution is 6.47. The van der Waals surface area contributed by atoms with Gasteiger partial charge in [-0.25, -0.2) is 0 Å². The average molecular weight is 204 g/mol. The molecule has 0 saturated heterocycles. The Bertz CT molecular complexity index is 265. The standard InChI is InChI=1S/C9H11Cl2N/c1-2-7-5-3-4-6-8(7)9(10,11)12/h3-6H,2,12H2,1H3. The summed E-state index contributed by atoms with van der Waals surface area (Å²) in [5.41, 5.74) is 7.44. The van der Waals surface area contributed by atoms with E-state index in [0.29, 0.717) is 0 Å². The van der Waals surface area contributed by atoms with E-state index in [1.807, 2.05) is 31.2 Å². The van der Waals surface area contributed by atoms with Crippen LogP contribution in [0, 0.1) is 0 Å². The lowest BCUT2D eigenvalue weighted by Crippen LogP contribution is -2.23. The van der Waals surface area contributed by atoms with Gasteiger partial charge in [0, 0.05) is 5.56 Å². The molecule has 0 aromatic heterocycles. The van der Waals surface area contributed by atoms with Crippen LogP contribution in [0.3, 0.4) is 0 Å². The van der Waals surface area contributed by atoms with E-state index >= 15 is 0 Å². The van der Waals surface area contributed by atoms with E-state index in [2.05, 4.69) is 0 Å². The second-order valence-corrected chi connectivity index (χ2v) is 4.02. The number of hydrogen-bond donors (Lipinski definition) is 1. The predicted octanol–water partition coefficient (Wildman–Crippen LogP) is 2.80. The van der Waals surface area contributed by atoms with Crippen molar-refractivity contribution in [3.8, 4) is 0 Å². The van der Waals surface area contributed by atoms with E-state index in [4.69, 9.17) is 28.9 Å². The maximum atomic E-state index is 5.79. The molecule has 1 aromatic carbocycles. The van der Waals surface area contributed by atoms with Crippen LogP contribution in [-0.2, 0) is 10.9 Å². The maximum absolute atomic E-state index is 5.79. The zero-order valence-electron chi connectivity index (χ0n) is 6.85. The summed E-state index contributed by atoms with van der Waals surface area (Å²) < 4.78 is -1.27. The van der Waals surface area contributed by atoms with Gasteiger partial charge < -0.3 is 0 Å². The fourth-order valence-electron chi connectivity index (χ4n) is 1.15. The quantitative estimate of drug-likeness (QED) is 0.581. The monoisotopic (exact) mass is 203 g/mol. The molecule has 1 nitrogen and oxygen atoms in total. The number of rotatable bonds is 2. The van der Waals surface area contributed by atoms with Crippen LogP contribution in [0.5, 0.6) is 0 Å². The van der Waals surface area contributed by atoms with E-state index < -0.39 is 4.46 Å². The van der Waals surface area contributed by atoms with Gasteiger partial charge in [0.1, 0.15) is 0 Å². The minimum absolute atomic E-state index is 0.788. The van der Waals surface area contributed by atoms with Crippen LogP contribution >= 0.6 is 23.2 Å². The van der Waals surface area contributed by atoms with Gasteiger partial charge in [-0.05, 0) is 12.0 Å². The maximum Gasteiger partial charge on any atom is 0.192 e. The summed E-state index contributed by atoms with van der Waals surface area (Å²) in [5.74, 6) is 0. The molecule has 0 heterocycles. The van der Waals surface area contributed by atoms with Crippen molar-refractivity contribution >= 4 is 23.2 Å². The Hall–Kier alpha value is -0.240.